The van der Waals surface area contributed by atoms with Crippen LogP contribution in [-0.2, 0) is 9.53 Å². The minimum absolute atomic E-state index is 0.0417. The maximum atomic E-state index is 10.0. The maximum absolute atomic E-state index is 10.0. The van der Waals surface area contributed by atoms with Gasteiger partial charge >= 0.3 is 0 Å². The molecular weight excluding hydrogens is 204 g/mol. The molecule has 0 aromatic heterocycles. The number of ether oxygens (including phenoxy) is 1. The summed E-state index contributed by atoms with van der Waals surface area (Å²) in [6, 6.07) is 0.285. The Morgan fingerprint density at radius 2 is 1.88 bits per heavy atom. The molecule has 0 saturated carbocycles. The van der Waals surface area contributed by atoms with E-state index in [-0.39, 0.29) is 11.6 Å². The van der Waals surface area contributed by atoms with Crippen molar-refractivity contribution in [3.05, 3.63) is 0 Å². The van der Waals surface area contributed by atoms with E-state index in [2.05, 4.69) is 12.2 Å². The molecule has 0 aromatic carbocycles. The summed E-state index contributed by atoms with van der Waals surface area (Å²) in [5, 5.41) is 2.72. The van der Waals surface area contributed by atoms with Crippen molar-refractivity contribution in [3.63, 3.8) is 0 Å². The van der Waals surface area contributed by atoms with Gasteiger partial charge in [0.15, 0.2) is 0 Å². The maximum Gasteiger partial charge on any atom is 0.207 e. The SMILES string of the molecule is CCC[C@H](CCN)NC=O.COC(C)(C)C. The number of rotatable bonds is 6. The Balaban J connectivity index is 0. The molecule has 0 fully saturated rings. The predicted molar refractivity (Wildman–Crippen MR) is 68.3 cm³/mol. The quantitative estimate of drug-likeness (QED) is 0.685. The highest BCUT2D eigenvalue weighted by molar-refractivity contribution is 5.46. The molecule has 98 valence electrons. The fourth-order valence-corrected chi connectivity index (χ4v) is 0.957. The Hall–Kier alpha value is -0.610. The van der Waals surface area contributed by atoms with Crippen molar-refractivity contribution < 1.29 is 9.53 Å². The van der Waals surface area contributed by atoms with Crippen molar-refractivity contribution in [1.82, 2.24) is 5.32 Å². The van der Waals surface area contributed by atoms with Gasteiger partial charge in [0.1, 0.15) is 0 Å². The van der Waals surface area contributed by atoms with E-state index in [0.29, 0.717) is 6.54 Å². The zero-order chi connectivity index (χ0) is 13.0. The number of hydrogen-bond acceptors (Lipinski definition) is 3. The molecule has 3 N–H and O–H groups in total. The fraction of sp³-hybridized carbons (Fsp3) is 0.917. The molecule has 0 radical (unpaired) electrons. The minimum atomic E-state index is 0.0417. The standard InChI is InChI=1S/C7H16N2O.C5H12O/c1-2-3-7(4-5-8)9-6-10;1-5(2,3)6-4/h6-7H,2-5,8H2,1H3,(H,9,10);1-4H3/t7-;/m1./s1. The molecule has 0 bridgehead atoms. The number of carbonyl (C=O) groups is 1. The lowest BCUT2D eigenvalue weighted by Gasteiger charge is -2.14. The van der Waals surface area contributed by atoms with Gasteiger partial charge in [-0.3, -0.25) is 4.79 Å². The van der Waals surface area contributed by atoms with Crippen LogP contribution in [0.4, 0.5) is 0 Å². The van der Waals surface area contributed by atoms with E-state index < -0.39 is 0 Å². The van der Waals surface area contributed by atoms with Gasteiger partial charge in [0.05, 0.1) is 5.60 Å². The lowest BCUT2D eigenvalue weighted by molar-refractivity contribution is -0.110. The van der Waals surface area contributed by atoms with Gasteiger partial charge in [-0.25, -0.2) is 0 Å². The first kappa shape index (κ1) is 17.8. The van der Waals surface area contributed by atoms with Crippen molar-refractivity contribution >= 4 is 6.41 Å². The number of nitrogens with two attached hydrogens (primary N) is 1. The van der Waals surface area contributed by atoms with Crippen LogP contribution >= 0.6 is 0 Å². The zero-order valence-electron chi connectivity index (χ0n) is 11.4. The van der Waals surface area contributed by atoms with E-state index in [0.717, 1.165) is 25.7 Å². The molecule has 1 atom stereocenters. The van der Waals surface area contributed by atoms with Crippen molar-refractivity contribution in [3.8, 4) is 0 Å². The van der Waals surface area contributed by atoms with Crippen LogP contribution in [0.5, 0.6) is 0 Å². The third-order valence-electron chi connectivity index (χ3n) is 2.07. The van der Waals surface area contributed by atoms with Gasteiger partial charge in [0, 0.05) is 13.2 Å². The van der Waals surface area contributed by atoms with E-state index in [1.165, 1.54) is 0 Å². The molecule has 4 heteroatoms. The predicted octanol–water partition coefficient (Wildman–Crippen LogP) is 1.68. The molecule has 0 aliphatic heterocycles. The van der Waals surface area contributed by atoms with Crippen LogP contribution in [0, 0.1) is 0 Å². The van der Waals surface area contributed by atoms with Crippen LogP contribution in [0.3, 0.4) is 0 Å². The van der Waals surface area contributed by atoms with E-state index in [4.69, 9.17) is 10.5 Å². The van der Waals surface area contributed by atoms with Crippen LogP contribution in [0.2, 0.25) is 0 Å². The van der Waals surface area contributed by atoms with Gasteiger partial charge in [-0.15, -0.1) is 0 Å². The van der Waals surface area contributed by atoms with E-state index in [1.807, 2.05) is 20.8 Å². The summed E-state index contributed by atoms with van der Waals surface area (Å²) in [7, 11) is 1.71. The summed E-state index contributed by atoms with van der Waals surface area (Å²) in [6.07, 6.45) is 3.74. The third kappa shape index (κ3) is 15.8. The molecule has 1 amide bonds. The summed E-state index contributed by atoms with van der Waals surface area (Å²) < 4.78 is 4.94. The van der Waals surface area contributed by atoms with Crippen LogP contribution < -0.4 is 11.1 Å². The molecule has 16 heavy (non-hydrogen) atoms. The molecule has 0 aliphatic rings. The Morgan fingerprint density at radius 3 is 2.12 bits per heavy atom. The average Bonchev–Trinajstić information content (AvgIpc) is 2.19. The van der Waals surface area contributed by atoms with Gasteiger partial charge in [0.2, 0.25) is 6.41 Å². The normalized spacial score (nSPS) is 12.4. The largest absolute Gasteiger partial charge is 0.379 e. The van der Waals surface area contributed by atoms with Gasteiger partial charge in [0.25, 0.3) is 0 Å². The Bertz CT molecular complexity index is 150. The molecule has 4 nitrogen and oxygen atoms in total. The van der Waals surface area contributed by atoms with Crippen LogP contribution in [-0.4, -0.2) is 31.7 Å². The summed E-state index contributed by atoms with van der Waals surface area (Å²) >= 11 is 0. The fourth-order valence-electron chi connectivity index (χ4n) is 0.957. The van der Waals surface area contributed by atoms with Crippen LogP contribution in [0.1, 0.15) is 47.0 Å². The second-order valence-corrected chi connectivity index (χ2v) is 4.66. The first-order chi connectivity index (χ1) is 7.41. The highest BCUT2D eigenvalue weighted by Gasteiger charge is 2.04. The summed E-state index contributed by atoms with van der Waals surface area (Å²) in [5.41, 5.74) is 5.38. The number of carbonyl (C=O) groups excluding carboxylic acids is 1. The van der Waals surface area contributed by atoms with E-state index in [1.54, 1.807) is 7.11 Å². The van der Waals surface area contributed by atoms with E-state index in [9.17, 15) is 4.79 Å². The summed E-state index contributed by atoms with van der Waals surface area (Å²) in [4.78, 5) is 10.0. The smallest absolute Gasteiger partial charge is 0.207 e. The second-order valence-electron chi connectivity index (χ2n) is 4.66. The second kappa shape index (κ2) is 10.9. The molecule has 0 rings (SSSR count). The minimum Gasteiger partial charge on any atom is -0.379 e. The molecule has 0 aliphatic carbocycles. The number of hydrogen-bond donors (Lipinski definition) is 2. The molecule has 0 spiro atoms. The highest BCUT2D eigenvalue weighted by atomic mass is 16.5. The first-order valence-electron chi connectivity index (χ1n) is 5.86. The van der Waals surface area contributed by atoms with Crippen molar-refractivity contribution in [2.75, 3.05) is 13.7 Å². The average molecular weight is 232 g/mol. The molecule has 0 saturated heterocycles. The molecule has 0 heterocycles. The molecule has 0 aromatic rings. The summed E-state index contributed by atoms with van der Waals surface area (Å²) in [6.45, 7) is 8.80. The van der Waals surface area contributed by atoms with Gasteiger partial charge in [-0.2, -0.15) is 0 Å². The van der Waals surface area contributed by atoms with Gasteiger partial charge in [-0.05, 0) is 40.2 Å². The molecular formula is C12H28N2O2. The topological polar surface area (TPSA) is 64.3 Å². The summed E-state index contributed by atoms with van der Waals surface area (Å²) in [5.74, 6) is 0. The highest BCUT2D eigenvalue weighted by Crippen LogP contribution is 2.02. The Kier molecular flexibility index (Phi) is 12.1. The number of amides is 1. The van der Waals surface area contributed by atoms with E-state index >= 15 is 0 Å². The van der Waals surface area contributed by atoms with Gasteiger partial charge in [-0.1, -0.05) is 13.3 Å². The molecule has 0 unspecified atom stereocenters. The Morgan fingerprint density at radius 1 is 1.38 bits per heavy atom. The number of methoxy groups -OCH3 is 1. The van der Waals surface area contributed by atoms with Crippen molar-refractivity contribution in [2.24, 2.45) is 5.73 Å². The first-order valence-corrected chi connectivity index (χ1v) is 5.86. The monoisotopic (exact) mass is 232 g/mol. The zero-order valence-corrected chi connectivity index (χ0v) is 11.4. The number of nitrogens with one attached hydrogen (secondary N) is 1. The van der Waals surface area contributed by atoms with Crippen LogP contribution in [0.15, 0.2) is 0 Å². The van der Waals surface area contributed by atoms with Gasteiger partial charge < -0.3 is 15.8 Å². The third-order valence-corrected chi connectivity index (χ3v) is 2.07. The van der Waals surface area contributed by atoms with Crippen LogP contribution in [0.25, 0.3) is 0 Å². The lowest BCUT2D eigenvalue weighted by atomic mass is 10.1. The Labute approximate surface area is 99.9 Å². The van der Waals surface area contributed by atoms with Crippen molar-refractivity contribution in [2.45, 2.75) is 58.6 Å². The van der Waals surface area contributed by atoms with Crippen molar-refractivity contribution in [1.29, 1.82) is 0 Å². The lowest BCUT2D eigenvalue weighted by Crippen LogP contribution is -2.29.